The normalized spacial score (nSPS) is 19.2. The lowest BCUT2D eigenvalue weighted by molar-refractivity contribution is -0.386. The Balaban J connectivity index is 0.00000182. The molecule has 27 heavy (non-hydrogen) atoms. The smallest absolute Gasteiger partial charge is 0.312 e. The Labute approximate surface area is 171 Å². The predicted octanol–water partition coefficient (Wildman–Crippen LogP) is 3.54. The Hall–Kier alpha value is -1.59. The number of phenolic OH excluding ortho intramolecular Hbond substituents is 1. The molecule has 3 rings (SSSR count). The SMILES string of the molecule is Cl.Cl.N#Cc1cc([C@@H](C2CCCCC2)N2CCNCC2)c(O)c([N+](=O)[O-])c1. The number of hydrogen-bond donors (Lipinski definition) is 2. The summed E-state index contributed by atoms with van der Waals surface area (Å²) in [5, 5.41) is 34.6. The summed E-state index contributed by atoms with van der Waals surface area (Å²) in [5.74, 6) is 0.0735. The summed E-state index contributed by atoms with van der Waals surface area (Å²) in [6.07, 6.45) is 5.62. The first-order chi connectivity index (χ1) is 12.1. The van der Waals surface area contributed by atoms with Gasteiger partial charge in [0.05, 0.1) is 16.6 Å². The van der Waals surface area contributed by atoms with Gasteiger partial charge in [-0.3, -0.25) is 15.0 Å². The van der Waals surface area contributed by atoms with Crippen molar-refractivity contribution in [2.75, 3.05) is 26.2 Å². The molecular formula is C18H26Cl2N4O3. The van der Waals surface area contributed by atoms with Gasteiger partial charge in [0, 0.05) is 43.9 Å². The standard InChI is InChI=1S/C18H24N4O3.2ClH/c19-12-13-10-15(18(23)16(11-13)22(24)25)17(14-4-2-1-3-5-14)21-8-6-20-7-9-21;;/h10-11,14,17,20,23H,1-9H2;2*1H/t17-;;/m1../s1. The van der Waals surface area contributed by atoms with Crippen LogP contribution in [0.4, 0.5) is 5.69 Å². The first kappa shape index (κ1) is 23.4. The van der Waals surface area contributed by atoms with Crippen molar-refractivity contribution in [1.29, 1.82) is 5.26 Å². The molecule has 1 saturated carbocycles. The lowest BCUT2D eigenvalue weighted by Crippen LogP contribution is -2.47. The van der Waals surface area contributed by atoms with Crippen LogP contribution >= 0.6 is 24.8 Å². The van der Waals surface area contributed by atoms with E-state index in [-0.39, 0.29) is 47.9 Å². The van der Waals surface area contributed by atoms with E-state index in [9.17, 15) is 20.5 Å². The molecule has 0 radical (unpaired) electrons. The molecule has 1 atom stereocenters. The number of halogens is 2. The molecule has 1 saturated heterocycles. The van der Waals surface area contributed by atoms with Gasteiger partial charge in [-0.1, -0.05) is 19.3 Å². The van der Waals surface area contributed by atoms with Crippen molar-refractivity contribution < 1.29 is 10.0 Å². The third-order valence-electron chi connectivity index (χ3n) is 5.41. The van der Waals surface area contributed by atoms with Gasteiger partial charge in [-0.15, -0.1) is 24.8 Å². The van der Waals surface area contributed by atoms with Gasteiger partial charge in [0.2, 0.25) is 0 Å². The number of nitriles is 1. The molecule has 0 unspecified atom stereocenters. The lowest BCUT2D eigenvalue weighted by Gasteiger charge is -2.41. The maximum Gasteiger partial charge on any atom is 0.312 e. The topological polar surface area (TPSA) is 102 Å². The largest absolute Gasteiger partial charge is 0.502 e. The third kappa shape index (κ3) is 5.23. The minimum Gasteiger partial charge on any atom is -0.502 e. The van der Waals surface area contributed by atoms with Crippen LogP contribution < -0.4 is 5.32 Å². The van der Waals surface area contributed by atoms with Crippen LogP contribution in [-0.4, -0.2) is 41.1 Å². The Morgan fingerprint density at radius 3 is 2.41 bits per heavy atom. The quantitative estimate of drug-likeness (QED) is 0.574. The molecule has 1 aliphatic carbocycles. The average Bonchev–Trinajstić information content (AvgIpc) is 2.65. The number of benzene rings is 1. The van der Waals surface area contributed by atoms with Gasteiger partial charge in [-0.25, -0.2) is 0 Å². The Morgan fingerprint density at radius 2 is 1.85 bits per heavy atom. The summed E-state index contributed by atoms with van der Waals surface area (Å²) in [7, 11) is 0. The van der Waals surface area contributed by atoms with Gasteiger partial charge in [0.1, 0.15) is 0 Å². The zero-order chi connectivity index (χ0) is 17.8. The number of piperazine rings is 1. The summed E-state index contributed by atoms with van der Waals surface area (Å²) < 4.78 is 0. The van der Waals surface area contributed by atoms with Crippen molar-refractivity contribution in [2.45, 2.75) is 38.1 Å². The molecule has 0 spiro atoms. The minimum absolute atomic E-state index is 0. The van der Waals surface area contributed by atoms with Crippen LogP contribution in [0.5, 0.6) is 5.75 Å². The van der Waals surface area contributed by atoms with Crippen LogP contribution in [0, 0.1) is 27.4 Å². The number of hydrogen-bond acceptors (Lipinski definition) is 6. The molecule has 2 aliphatic rings. The summed E-state index contributed by atoms with van der Waals surface area (Å²) in [6, 6.07) is 4.73. The number of nitrogens with zero attached hydrogens (tertiary/aromatic N) is 3. The van der Waals surface area contributed by atoms with E-state index in [2.05, 4.69) is 10.2 Å². The predicted molar refractivity (Wildman–Crippen MR) is 108 cm³/mol. The van der Waals surface area contributed by atoms with Crippen molar-refractivity contribution in [3.63, 3.8) is 0 Å². The maximum absolute atomic E-state index is 11.3. The number of phenols is 1. The van der Waals surface area contributed by atoms with Gasteiger partial charge in [-0.2, -0.15) is 5.26 Å². The third-order valence-corrected chi connectivity index (χ3v) is 5.41. The summed E-state index contributed by atoms with van der Waals surface area (Å²) in [4.78, 5) is 13.0. The van der Waals surface area contributed by atoms with Gasteiger partial charge in [0.15, 0.2) is 5.75 Å². The molecule has 7 nitrogen and oxygen atoms in total. The number of nitrogens with one attached hydrogen (secondary N) is 1. The highest BCUT2D eigenvalue weighted by molar-refractivity contribution is 5.85. The first-order valence-electron chi connectivity index (χ1n) is 8.98. The zero-order valence-corrected chi connectivity index (χ0v) is 16.7. The molecule has 9 heteroatoms. The van der Waals surface area contributed by atoms with Crippen LogP contribution in [0.1, 0.15) is 49.3 Å². The fourth-order valence-corrected chi connectivity index (χ4v) is 4.23. The lowest BCUT2D eigenvalue weighted by atomic mass is 9.79. The molecule has 1 aromatic rings. The van der Waals surface area contributed by atoms with Gasteiger partial charge in [0.25, 0.3) is 0 Å². The van der Waals surface area contributed by atoms with Gasteiger partial charge >= 0.3 is 5.69 Å². The van der Waals surface area contributed by atoms with E-state index in [1.807, 2.05) is 6.07 Å². The number of nitro benzene ring substituents is 1. The van der Waals surface area contributed by atoms with E-state index in [1.165, 1.54) is 6.42 Å². The summed E-state index contributed by atoms with van der Waals surface area (Å²) >= 11 is 0. The first-order valence-corrected chi connectivity index (χ1v) is 8.98. The van der Waals surface area contributed by atoms with Crippen LogP contribution in [-0.2, 0) is 0 Å². The van der Waals surface area contributed by atoms with Crippen molar-refractivity contribution in [2.24, 2.45) is 5.92 Å². The Kier molecular flexibility index (Phi) is 9.27. The molecule has 1 aliphatic heterocycles. The summed E-state index contributed by atoms with van der Waals surface area (Å²) in [6.45, 7) is 3.41. The van der Waals surface area contributed by atoms with Gasteiger partial charge < -0.3 is 10.4 Å². The summed E-state index contributed by atoms with van der Waals surface area (Å²) in [5.41, 5.74) is 0.403. The van der Waals surface area contributed by atoms with E-state index < -0.39 is 4.92 Å². The molecule has 150 valence electrons. The molecule has 1 heterocycles. The minimum atomic E-state index is -0.602. The Morgan fingerprint density at radius 1 is 1.22 bits per heavy atom. The number of nitro groups is 1. The second kappa shape index (κ2) is 10.7. The second-order valence-electron chi connectivity index (χ2n) is 6.93. The van der Waals surface area contributed by atoms with E-state index in [0.29, 0.717) is 11.5 Å². The van der Waals surface area contributed by atoms with Crippen LogP contribution in [0.15, 0.2) is 12.1 Å². The monoisotopic (exact) mass is 416 g/mol. The van der Waals surface area contributed by atoms with Crippen LogP contribution in [0.3, 0.4) is 0 Å². The van der Waals surface area contributed by atoms with E-state index in [4.69, 9.17) is 0 Å². The highest BCUT2D eigenvalue weighted by Gasteiger charge is 2.35. The fraction of sp³-hybridized carbons (Fsp3) is 0.611. The molecule has 2 N–H and O–H groups in total. The molecule has 1 aromatic carbocycles. The fourth-order valence-electron chi connectivity index (χ4n) is 4.23. The van der Waals surface area contributed by atoms with Crippen molar-refractivity contribution in [3.8, 4) is 11.8 Å². The zero-order valence-electron chi connectivity index (χ0n) is 15.1. The van der Waals surface area contributed by atoms with Gasteiger partial charge in [-0.05, 0) is 24.8 Å². The Bertz CT molecular complexity index is 666. The second-order valence-corrected chi connectivity index (χ2v) is 6.93. The molecule has 0 aromatic heterocycles. The van der Waals surface area contributed by atoms with E-state index in [1.54, 1.807) is 6.07 Å². The van der Waals surface area contributed by atoms with E-state index in [0.717, 1.165) is 57.9 Å². The van der Waals surface area contributed by atoms with Crippen molar-refractivity contribution in [3.05, 3.63) is 33.4 Å². The maximum atomic E-state index is 11.3. The number of rotatable bonds is 4. The highest BCUT2D eigenvalue weighted by atomic mass is 35.5. The van der Waals surface area contributed by atoms with Crippen molar-refractivity contribution in [1.82, 2.24) is 10.2 Å². The molecule has 2 fully saturated rings. The van der Waals surface area contributed by atoms with E-state index >= 15 is 0 Å². The highest BCUT2D eigenvalue weighted by Crippen LogP contribution is 2.44. The molecule has 0 bridgehead atoms. The van der Waals surface area contributed by atoms with Crippen LogP contribution in [0.25, 0.3) is 0 Å². The van der Waals surface area contributed by atoms with Crippen LogP contribution in [0.2, 0.25) is 0 Å². The van der Waals surface area contributed by atoms with Crippen molar-refractivity contribution >= 4 is 30.5 Å². The number of aromatic hydroxyl groups is 1. The molecular weight excluding hydrogens is 391 g/mol. The average molecular weight is 417 g/mol. The molecule has 0 amide bonds.